The number of hydrogen-bond donors (Lipinski definition) is 0. The first-order valence-corrected chi connectivity index (χ1v) is 8.34. The molecule has 0 spiro atoms. The zero-order valence-electron chi connectivity index (χ0n) is 10.4. The molecule has 0 unspecified atom stereocenters. The van der Waals surface area contributed by atoms with E-state index in [0.717, 1.165) is 15.4 Å². The molecule has 1 nitrogen and oxygen atoms in total. The molecule has 0 N–H and O–H groups in total. The second kappa shape index (κ2) is 7.04. The van der Waals surface area contributed by atoms with Gasteiger partial charge in [0, 0.05) is 15.4 Å². The van der Waals surface area contributed by atoms with Crippen molar-refractivity contribution in [1.82, 2.24) is 0 Å². The number of ketones is 1. The highest BCUT2D eigenvalue weighted by Crippen LogP contribution is 2.27. The summed E-state index contributed by atoms with van der Waals surface area (Å²) in [5.41, 5.74) is 0.748. The summed E-state index contributed by atoms with van der Waals surface area (Å²) in [5, 5.41) is 0.693. The lowest BCUT2D eigenvalue weighted by Gasteiger charge is -2.04. The van der Waals surface area contributed by atoms with Gasteiger partial charge in [0.25, 0.3) is 0 Å². The fourth-order valence-electron chi connectivity index (χ4n) is 1.57. The lowest BCUT2D eigenvalue weighted by Crippen LogP contribution is -2.02. The summed E-state index contributed by atoms with van der Waals surface area (Å²) >= 11 is 9.20. The Morgan fingerprint density at radius 3 is 2.42 bits per heavy atom. The quantitative estimate of drug-likeness (QED) is 0.569. The summed E-state index contributed by atoms with van der Waals surface area (Å²) in [4.78, 5) is 14.2. The zero-order chi connectivity index (χ0) is 13.7. The Morgan fingerprint density at radius 2 is 1.79 bits per heavy atom. The molecular weight excluding hydrogens is 296 g/mol. The van der Waals surface area contributed by atoms with Crippen molar-refractivity contribution in [3.63, 3.8) is 0 Å². The third-order valence-corrected chi connectivity index (χ3v) is 4.87. The van der Waals surface area contributed by atoms with E-state index in [1.54, 1.807) is 11.8 Å². The summed E-state index contributed by atoms with van der Waals surface area (Å²) in [6.45, 7) is 0. The average molecular weight is 309 g/mol. The normalized spacial score (nSPS) is 10.4. The third-order valence-electron chi connectivity index (χ3n) is 2.61. The minimum Gasteiger partial charge on any atom is -0.293 e. The average Bonchev–Trinajstić information content (AvgIpc) is 2.46. The Kier molecular flexibility index (Phi) is 5.37. The predicted molar refractivity (Wildman–Crippen MR) is 84.7 cm³/mol. The molecule has 0 aliphatic rings. The fourth-order valence-corrected chi connectivity index (χ4v) is 3.11. The Hall–Kier alpha value is -0.900. The minimum absolute atomic E-state index is 0.123. The van der Waals surface area contributed by atoms with Crippen molar-refractivity contribution in [2.24, 2.45) is 0 Å². The van der Waals surface area contributed by atoms with Gasteiger partial charge in [0.05, 0.1) is 10.8 Å². The van der Waals surface area contributed by atoms with Crippen molar-refractivity contribution in [3.8, 4) is 0 Å². The van der Waals surface area contributed by atoms with Crippen LogP contribution in [-0.4, -0.2) is 17.8 Å². The van der Waals surface area contributed by atoms with Crippen molar-refractivity contribution < 1.29 is 4.79 Å². The number of rotatable bonds is 5. The van der Waals surface area contributed by atoms with E-state index in [-0.39, 0.29) is 5.78 Å². The van der Waals surface area contributed by atoms with Gasteiger partial charge in [-0.2, -0.15) is 0 Å². The van der Waals surface area contributed by atoms with Crippen molar-refractivity contribution in [2.75, 3.05) is 12.0 Å². The van der Waals surface area contributed by atoms with E-state index in [4.69, 9.17) is 11.6 Å². The summed E-state index contributed by atoms with van der Waals surface area (Å²) in [5.74, 6) is 0.528. The summed E-state index contributed by atoms with van der Waals surface area (Å²) < 4.78 is 0. The van der Waals surface area contributed by atoms with Gasteiger partial charge >= 0.3 is 0 Å². The topological polar surface area (TPSA) is 17.1 Å². The van der Waals surface area contributed by atoms with Crippen LogP contribution in [0.3, 0.4) is 0 Å². The number of Topliss-reactive ketones (excluding diaryl/α,β-unsaturated/α-hetero) is 1. The summed E-state index contributed by atoms with van der Waals surface area (Å²) in [6.07, 6.45) is 2.02. The number of thioether (sulfide) groups is 2. The smallest absolute Gasteiger partial charge is 0.173 e. The third kappa shape index (κ3) is 4.03. The molecule has 4 heteroatoms. The molecule has 2 aromatic rings. The Morgan fingerprint density at radius 1 is 1.11 bits per heavy atom. The number of hydrogen-bond acceptors (Lipinski definition) is 3. The number of halogens is 1. The lowest BCUT2D eigenvalue weighted by atomic mass is 10.1. The van der Waals surface area contributed by atoms with E-state index in [1.165, 1.54) is 11.8 Å². The number of benzene rings is 2. The van der Waals surface area contributed by atoms with Gasteiger partial charge < -0.3 is 0 Å². The van der Waals surface area contributed by atoms with Crippen molar-refractivity contribution in [2.45, 2.75) is 9.79 Å². The maximum absolute atomic E-state index is 12.1. The van der Waals surface area contributed by atoms with E-state index in [0.29, 0.717) is 10.8 Å². The minimum atomic E-state index is 0.123. The van der Waals surface area contributed by atoms with E-state index in [1.807, 2.05) is 54.8 Å². The monoisotopic (exact) mass is 308 g/mol. The van der Waals surface area contributed by atoms with Gasteiger partial charge in [-0.1, -0.05) is 35.9 Å². The summed E-state index contributed by atoms with van der Waals surface area (Å²) in [6, 6.07) is 15.3. The van der Waals surface area contributed by atoms with Crippen LogP contribution in [0.25, 0.3) is 0 Å². The van der Waals surface area contributed by atoms with Crippen LogP contribution in [0.5, 0.6) is 0 Å². The molecule has 0 heterocycles. The number of carbonyl (C=O) groups is 1. The highest BCUT2D eigenvalue weighted by molar-refractivity contribution is 8.00. The summed E-state index contributed by atoms with van der Waals surface area (Å²) in [7, 11) is 0. The molecule has 2 aromatic carbocycles. The Bertz CT molecular complexity index is 567. The lowest BCUT2D eigenvalue weighted by molar-refractivity contribution is 0.102. The highest BCUT2D eigenvalue weighted by Gasteiger charge is 2.08. The van der Waals surface area contributed by atoms with Crippen LogP contribution < -0.4 is 0 Å². The molecule has 0 aliphatic carbocycles. The molecule has 2 rings (SSSR count). The van der Waals surface area contributed by atoms with Gasteiger partial charge in [-0.05, 0) is 30.5 Å². The molecule has 0 saturated heterocycles. The SMILES string of the molecule is CSc1ccc(C(=O)CSc2ccccc2Cl)cc1. The van der Waals surface area contributed by atoms with E-state index in [9.17, 15) is 4.79 Å². The van der Waals surface area contributed by atoms with Crippen LogP contribution in [-0.2, 0) is 0 Å². The van der Waals surface area contributed by atoms with E-state index < -0.39 is 0 Å². The van der Waals surface area contributed by atoms with Crippen LogP contribution in [0.2, 0.25) is 5.02 Å². The van der Waals surface area contributed by atoms with Crippen LogP contribution >= 0.6 is 35.1 Å². The van der Waals surface area contributed by atoms with E-state index in [2.05, 4.69) is 0 Å². The molecule has 0 radical (unpaired) electrons. The molecule has 0 atom stereocenters. The predicted octanol–water partition coefficient (Wildman–Crippen LogP) is 5.04. The van der Waals surface area contributed by atoms with Gasteiger partial charge in [-0.3, -0.25) is 4.79 Å². The maximum Gasteiger partial charge on any atom is 0.173 e. The first-order chi connectivity index (χ1) is 9.20. The first-order valence-electron chi connectivity index (χ1n) is 5.75. The van der Waals surface area contributed by atoms with Gasteiger partial charge in [0.15, 0.2) is 5.78 Å². The van der Waals surface area contributed by atoms with Gasteiger partial charge in [0.2, 0.25) is 0 Å². The molecule has 19 heavy (non-hydrogen) atoms. The first kappa shape index (κ1) is 14.5. The Labute approximate surface area is 126 Å². The molecule has 0 aromatic heterocycles. The molecule has 0 aliphatic heterocycles. The second-order valence-electron chi connectivity index (χ2n) is 3.87. The van der Waals surface area contributed by atoms with E-state index >= 15 is 0 Å². The van der Waals surface area contributed by atoms with Crippen LogP contribution in [0.15, 0.2) is 58.3 Å². The van der Waals surface area contributed by atoms with Crippen LogP contribution in [0.1, 0.15) is 10.4 Å². The van der Waals surface area contributed by atoms with Gasteiger partial charge in [-0.25, -0.2) is 0 Å². The number of carbonyl (C=O) groups excluding carboxylic acids is 1. The van der Waals surface area contributed by atoms with Gasteiger partial charge in [-0.15, -0.1) is 23.5 Å². The second-order valence-corrected chi connectivity index (χ2v) is 6.17. The largest absolute Gasteiger partial charge is 0.293 e. The van der Waals surface area contributed by atoms with Crippen LogP contribution in [0, 0.1) is 0 Å². The Balaban J connectivity index is 1.99. The maximum atomic E-state index is 12.1. The molecule has 0 bridgehead atoms. The highest BCUT2D eigenvalue weighted by atomic mass is 35.5. The fraction of sp³-hybridized carbons (Fsp3) is 0.133. The molecule has 0 amide bonds. The van der Waals surface area contributed by atoms with Gasteiger partial charge in [0.1, 0.15) is 0 Å². The molecule has 98 valence electrons. The van der Waals surface area contributed by atoms with Crippen molar-refractivity contribution in [3.05, 3.63) is 59.1 Å². The van der Waals surface area contributed by atoms with Crippen molar-refractivity contribution in [1.29, 1.82) is 0 Å². The van der Waals surface area contributed by atoms with Crippen molar-refractivity contribution >= 4 is 40.9 Å². The molecular formula is C15H13ClOS2. The zero-order valence-corrected chi connectivity index (χ0v) is 12.8. The molecule has 0 saturated carbocycles. The standard InChI is InChI=1S/C15H13ClOS2/c1-18-12-8-6-11(7-9-12)14(17)10-19-15-5-3-2-4-13(15)16/h2-9H,10H2,1H3. The molecule has 0 fully saturated rings. The van der Waals surface area contributed by atoms with Crippen LogP contribution in [0.4, 0.5) is 0 Å².